The van der Waals surface area contributed by atoms with Gasteiger partial charge in [-0.2, -0.15) is 0 Å². The molecule has 1 N–H and O–H groups in total. The maximum atomic E-state index is 12.1. The maximum Gasteiger partial charge on any atom is 0.262 e. The summed E-state index contributed by atoms with van der Waals surface area (Å²) in [6.45, 7) is 2.49. The van der Waals surface area contributed by atoms with E-state index in [0.717, 1.165) is 24.2 Å². The summed E-state index contributed by atoms with van der Waals surface area (Å²) in [6.07, 6.45) is 1.44. The third kappa shape index (κ3) is 4.31. The largest absolute Gasteiger partial charge is 0.484 e. The number of nitrogens with one attached hydrogen (secondary N) is 1. The van der Waals surface area contributed by atoms with Crippen LogP contribution in [0.5, 0.6) is 5.75 Å². The van der Waals surface area contributed by atoms with Crippen molar-refractivity contribution in [1.29, 1.82) is 0 Å². The minimum absolute atomic E-state index is 0.117. The third-order valence-electron chi connectivity index (χ3n) is 4.05. The van der Waals surface area contributed by atoms with E-state index in [1.165, 1.54) is 0 Å². The van der Waals surface area contributed by atoms with Crippen LogP contribution in [0.3, 0.4) is 0 Å². The number of nitrogens with zero attached hydrogens (tertiary/aromatic N) is 1. The van der Waals surface area contributed by atoms with Crippen LogP contribution in [0.1, 0.15) is 18.4 Å². The zero-order chi connectivity index (χ0) is 17.8. The number of hydrogen-bond donors (Lipinski definition) is 1. The van der Waals surface area contributed by atoms with Crippen LogP contribution in [-0.2, 0) is 9.59 Å². The highest BCUT2D eigenvalue weighted by Gasteiger charge is 2.21. The predicted molar refractivity (Wildman–Crippen MR) is 98.3 cm³/mol. The van der Waals surface area contributed by atoms with Crippen molar-refractivity contribution in [3.05, 3.63) is 53.1 Å². The number of halogens is 1. The molecule has 0 aromatic heterocycles. The van der Waals surface area contributed by atoms with Gasteiger partial charge in [0.25, 0.3) is 5.91 Å². The fourth-order valence-corrected chi connectivity index (χ4v) is 2.90. The van der Waals surface area contributed by atoms with E-state index in [2.05, 4.69) is 5.32 Å². The number of carbonyl (C=O) groups excluding carboxylic acids is 2. The molecule has 5 nitrogen and oxygen atoms in total. The van der Waals surface area contributed by atoms with Crippen molar-refractivity contribution >= 4 is 34.8 Å². The second kappa shape index (κ2) is 7.57. The van der Waals surface area contributed by atoms with Crippen molar-refractivity contribution < 1.29 is 14.3 Å². The molecule has 0 bridgehead atoms. The van der Waals surface area contributed by atoms with E-state index in [1.807, 2.05) is 25.1 Å². The lowest BCUT2D eigenvalue weighted by atomic mass is 10.2. The molecule has 1 aliphatic heterocycles. The van der Waals surface area contributed by atoms with Crippen LogP contribution in [0.2, 0.25) is 5.02 Å². The SMILES string of the molecule is Cc1ccc(Cl)cc1NC(=O)COc1cccc(N2CCCC2=O)c1. The van der Waals surface area contributed by atoms with Crippen molar-refractivity contribution in [3.63, 3.8) is 0 Å². The van der Waals surface area contributed by atoms with Crippen molar-refractivity contribution in [1.82, 2.24) is 0 Å². The lowest BCUT2D eigenvalue weighted by Gasteiger charge is -2.16. The van der Waals surface area contributed by atoms with Gasteiger partial charge in [-0.05, 0) is 43.2 Å². The van der Waals surface area contributed by atoms with Crippen molar-refractivity contribution in [2.24, 2.45) is 0 Å². The van der Waals surface area contributed by atoms with Gasteiger partial charge in [-0.3, -0.25) is 9.59 Å². The second-order valence-corrected chi connectivity index (χ2v) is 6.38. The fraction of sp³-hybridized carbons (Fsp3) is 0.263. The van der Waals surface area contributed by atoms with Crippen LogP contribution >= 0.6 is 11.6 Å². The molecule has 0 unspecified atom stereocenters. The molecule has 0 radical (unpaired) electrons. The molecule has 6 heteroatoms. The van der Waals surface area contributed by atoms with Gasteiger partial charge in [0, 0.05) is 35.4 Å². The molecule has 0 saturated carbocycles. The van der Waals surface area contributed by atoms with E-state index < -0.39 is 0 Å². The van der Waals surface area contributed by atoms with Crippen LogP contribution in [-0.4, -0.2) is 25.0 Å². The Morgan fingerprint density at radius 3 is 2.88 bits per heavy atom. The molecule has 1 heterocycles. The van der Waals surface area contributed by atoms with Gasteiger partial charge in [0.2, 0.25) is 5.91 Å². The van der Waals surface area contributed by atoms with E-state index in [4.69, 9.17) is 16.3 Å². The van der Waals surface area contributed by atoms with E-state index in [-0.39, 0.29) is 18.4 Å². The number of rotatable bonds is 5. The van der Waals surface area contributed by atoms with Gasteiger partial charge in [0.1, 0.15) is 5.75 Å². The molecule has 0 spiro atoms. The third-order valence-corrected chi connectivity index (χ3v) is 4.28. The number of hydrogen-bond acceptors (Lipinski definition) is 3. The van der Waals surface area contributed by atoms with Crippen LogP contribution in [0.25, 0.3) is 0 Å². The van der Waals surface area contributed by atoms with E-state index >= 15 is 0 Å². The fourth-order valence-electron chi connectivity index (χ4n) is 2.73. The lowest BCUT2D eigenvalue weighted by molar-refractivity contribution is -0.118. The first-order valence-electron chi connectivity index (χ1n) is 8.12. The van der Waals surface area contributed by atoms with Gasteiger partial charge in [-0.15, -0.1) is 0 Å². The summed E-state index contributed by atoms with van der Waals surface area (Å²) in [7, 11) is 0. The summed E-state index contributed by atoms with van der Waals surface area (Å²) in [5.74, 6) is 0.398. The van der Waals surface area contributed by atoms with Crippen LogP contribution in [0.15, 0.2) is 42.5 Å². The molecule has 1 fully saturated rings. The Morgan fingerprint density at radius 1 is 1.28 bits per heavy atom. The summed E-state index contributed by atoms with van der Waals surface area (Å²) in [6, 6.07) is 12.5. The number of aryl methyl sites for hydroxylation is 1. The molecule has 0 atom stereocenters. The molecule has 0 aliphatic carbocycles. The Morgan fingerprint density at radius 2 is 2.12 bits per heavy atom. The molecular weight excluding hydrogens is 340 g/mol. The first-order chi connectivity index (χ1) is 12.0. The van der Waals surface area contributed by atoms with Gasteiger partial charge in [0.05, 0.1) is 0 Å². The Bertz CT molecular complexity index is 807. The summed E-state index contributed by atoms with van der Waals surface area (Å²) < 4.78 is 5.56. The Balaban J connectivity index is 1.60. The van der Waals surface area contributed by atoms with Gasteiger partial charge < -0.3 is 15.0 Å². The summed E-state index contributed by atoms with van der Waals surface area (Å²) in [5.41, 5.74) is 2.39. The second-order valence-electron chi connectivity index (χ2n) is 5.94. The van der Waals surface area contributed by atoms with Gasteiger partial charge >= 0.3 is 0 Å². The molecule has 2 aromatic rings. The van der Waals surface area contributed by atoms with Gasteiger partial charge in [-0.25, -0.2) is 0 Å². The van der Waals surface area contributed by atoms with Crippen LogP contribution in [0, 0.1) is 6.92 Å². The van der Waals surface area contributed by atoms with Gasteiger partial charge in [0.15, 0.2) is 6.61 Å². The normalized spacial score (nSPS) is 13.8. The number of amides is 2. The minimum atomic E-state index is -0.270. The van der Waals surface area contributed by atoms with Crippen LogP contribution in [0.4, 0.5) is 11.4 Å². The number of carbonyl (C=O) groups is 2. The zero-order valence-electron chi connectivity index (χ0n) is 13.9. The molecule has 1 saturated heterocycles. The average Bonchev–Trinajstić information content (AvgIpc) is 3.03. The summed E-state index contributed by atoms with van der Waals surface area (Å²) in [4.78, 5) is 25.7. The van der Waals surface area contributed by atoms with E-state index in [9.17, 15) is 9.59 Å². The van der Waals surface area contributed by atoms with Crippen molar-refractivity contribution in [2.75, 3.05) is 23.4 Å². The predicted octanol–water partition coefficient (Wildman–Crippen LogP) is 3.79. The smallest absolute Gasteiger partial charge is 0.262 e. The Kier molecular flexibility index (Phi) is 5.24. The van der Waals surface area contributed by atoms with Crippen LogP contribution < -0.4 is 15.0 Å². The maximum absolute atomic E-state index is 12.1. The number of anilines is 2. The van der Waals surface area contributed by atoms with E-state index in [0.29, 0.717) is 22.9 Å². The van der Waals surface area contributed by atoms with E-state index in [1.54, 1.807) is 29.2 Å². The Labute approximate surface area is 151 Å². The summed E-state index contributed by atoms with van der Waals surface area (Å²) >= 11 is 5.95. The highest BCUT2D eigenvalue weighted by Crippen LogP contribution is 2.25. The topological polar surface area (TPSA) is 58.6 Å². The molecule has 130 valence electrons. The number of benzene rings is 2. The summed E-state index contributed by atoms with van der Waals surface area (Å²) in [5, 5.41) is 3.35. The molecule has 2 aromatic carbocycles. The molecule has 25 heavy (non-hydrogen) atoms. The number of ether oxygens (including phenoxy) is 1. The van der Waals surface area contributed by atoms with Crippen molar-refractivity contribution in [2.45, 2.75) is 19.8 Å². The first kappa shape index (κ1) is 17.3. The molecule has 1 aliphatic rings. The molecule has 3 rings (SSSR count). The molecule has 2 amide bonds. The highest BCUT2D eigenvalue weighted by atomic mass is 35.5. The Hall–Kier alpha value is -2.53. The molecular formula is C19H19ClN2O3. The van der Waals surface area contributed by atoms with Crippen molar-refractivity contribution in [3.8, 4) is 5.75 Å². The quantitative estimate of drug-likeness (QED) is 0.884. The average molecular weight is 359 g/mol. The lowest BCUT2D eigenvalue weighted by Crippen LogP contribution is -2.24. The zero-order valence-corrected chi connectivity index (χ0v) is 14.7. The first-order valence-corrected chi connectivity index (χ1v) is 8.50. The monoisotopic (exact) mass is 358 g/mol. The highest BCUT2D eigenvalue weighted by molar-refractivity contribution is 6.31. The van der Waals surface area contributed by atoms with Gasteiger partial charge in [-0.1, -0.05) is 23.7 Å². The standard InChI is InChI=1S/C19H19ClN2O3/c1-13-7-8-14(20)10-17(13)21-18(23)12-25-16-5-2-4-15(11-16)22-9-3-6-19(22)24/h2,4-5,7-8,10-11H,3,6,9,12H2,1H3,(H,21,23). The minimum Gasteiger partial charge on any atom is -0.484 e.